The summed E-state index contributed by atoms with van der Waals surface area (Å²) >= 11 is 0. The van der Waals surface area contributed by atoms with Gasteiger partial charge >= 0.3 is 6.03 Å². The Morgan fingerprint density at radius 1 is 1.46 bits per heavy atom. The molecule has 1 aliphatic heterocycles. The summed E-state index contributed by atoms with van der Waals surface area (Å²) in [6.45, 7) is 1.90. The van der Waals surface area contributed by atoms with Crippen molar-refractivity contribution in [3.63, 3.8) is 0 Å². The van der Waals surface area contributed by atoms with Crippen LogP contribution in [-0.4, -0.2) is 46.9 Å². The minimum absolute atomic E-state index is 0.0698. The average Bonchev–Trinajstić information content (AvgIpc) is 2.87. The van der Waals surface area contributed by atoms with Crippen LogP contribution >= 0.6 is 0 Å². The third-order valence-electron chi connectivity index (χ3n) is 5.32. The maximum atomic E-state index is 12.8. The van der Waals surface area contributed by atoms with Crippen LogP contribution in [0.25, 0.3) is 0 Å². The molecule has 3 rings (SSSR count). The van der Waals surface area contributed by atoms with Gasteiger partial charge in [0.2, 0.25) is 11.8 Å². The van der Waals surface area contributed by atoms with Gasteiger partial charge in [-0.05, 0) is 24.8 Å². The minimum atomic E-state index is -0.845. The predicted octanol–water partition coefficient (Wildman–Crippen LogP) is 1.21. The number of urea groups is 1. The fourth-order valence-electron chi connectivity index (χ4n) is 3.77. The quantitative estimate of drug-likeness (QED) is 0.769. The second-order valence-corrected chi connectivity index (χ2v) is 6.89. The monoisotopic (exact) mass is 360 g/mol. The van der Waals surface area contributed by atoms with E-state index in [4.69, 9.17) is 4.74 Å². The number of carbonyl (C=O) groups is 3. The fraction of sp³-hybridized carbons (Fsp3) is 0.556. The number of nitrogens with one attached hydrogen (secondary N) is 2. The average molecular weight is 360 g/mol. The summed E-state index contributed by atoms with van der Waals surface area (Å²) in [6.07, 6.45) is 5.08. The molecule has 1 aromatic heterocycles. The molecule has 140 valence electrons. The third-order valence-corrected chi connectivity index (χ3v) is 5.32. The summed E-state index contributed by atoms with van der Waals surface area (Å²) in [5, 5.41) is 5.56. The Balaban J connectivity index is 1.62. The number of imide groups is 1. The molecule has 4 amide bonds. The number of aromatic nitrogens is 1. The third kappa shape index (κ3) is 3.23. The van der Waals surface area contributed by atoms with Gasteiger partial charge in [0.05, 0.1) is 7.11 Å². The number of hydrogen-bond acceptors (Lipinski definition) is 5. The summed E-state index contributed by atoms with van der Waals surface area (Å²) in [5.74, 6) is -0.193. The number of ether oxygens (including phenoxy) is 1. The van der Waals surface area contributed by atoms with E-state index in [1.165, 1.54) is 7.11 Å². The molecule has 1 spiro atoms. The highest BCUT2D eigenvalue weighted by atomic mass is 16.5. The molecule has 0 aromatic carbocycles. The number of rotatable bonds is 5. The van der Waals surface area contributed by atoms with Crippen molar-refractivity contribution in [2.75, 3.05) is 13.7 Å². The van der Waals surface area contributed by atoms with E-state index in [1.54, 1.807) is 18.3 Å². The Morgan fingerprint density at radius 2 is 2.27 bits per heavy atom. The highest BCUT2D eigenvalue weighted by Crippen LogP contribution is 2.38. The van der Waals surface area contributed by atoms with E-state index in [0.717, 1.165) is 29.7 Å². The standard InChI is InChI=1S/C18H24N4O4/c1-12-6-3-4-8-18(12)16(24)22(17(25)21-18)11-14(23)20-10-13-7-5-9-19-15(13)26-2/h5,7,9,12H,3-4,6,8,10-11H2,1-2H3,(H,20,23)(H,21,25). The lowest BCUT2D eigenvalue weighted by Crippen LogP contribution is -2.54. The van der Waals surface area contributed by atoms with Crippen LogP contribution in [0, 0.1) is 5.92 Å². The number of nitrogens with zero attached hydrogens (tertiary/aromatic N) is 2. The minimum Gasteiger partial charge on any atom is -0.481 e. The Labute approximate surface area is 152 Å². The van der Waals surface area contributed by atoms with E-state index in [9.17, 15) is 14.4 Å². The number of amides is 4. The molecule has 2 fully saturated rings. The maximum Gasteiger partial charge on any atom is 0.325 e. The molecule has 0 bridgehead atoms. The number of methoxy groups -OCH3 is 1. The molecular formula is C18H24N4O4. The lowest BCUT2D eigenvalue weighted by atomic mass is 9.73. The fourth-order valence-corrected chi connectivity index (χ4v) is 3.77. The van der Waals surface area contributed by atoms with Gasteiger partial charge in [0, 0.05) is 18.3 Å². The van der Waals surface area contributed by atoms with E-state index in [2.05, 4.69) is 15.6 Å². The second kappa shape index (κ2) is 7.31. The molecule has 2 N–H and O–H groups in total. The molecule has 26 heavy (non-hydrogen) atoms. The predicted molar refractivity (Wildman–Crippen MR) is 93.2 cm³/mol. The molecule has 8 heteroatoms. The van der Waals surface area contributed by atoms with Gasteiger partial charge in [-0.15, -0.1) is 0 Å². The van der Waals surface area contributed by atoms with Crippen LogP contribution in [0.4, 0.5) is 4.79 Å². The second-order valence-electron chi connectivity index (χ2n) is 6.89. The maximum absolute atomic E-state index is 12.8. The van der Waals surface area contributed by atoms with Gasteiger partial charge in [-0.2, -0.15) is 0 Å². The van der Waals surface area contributed by atoms with Crippen LogP contribution in [0.5, 0.6) is 5.88 Å². The zero-order chi connectivity index (χ0) is 18.7. The summed E-state index contributed by atoms with van der Waals surface area (Å²) in [6, 6.07) is 3.05. The van der Waals surface area contributed by atoms with Crippen LogP contribution in [0.1, 0.15) is 38.2 Å². The van der Waals surface area contributed by atoms with Crippen LogP contribution < -0.4 is 15.4 Å². The summed E-state index contributed by atoms with van der Waals surface area (Å²) in [4.78, 5) is 42.5. The smallest absolute Gasteiger partial charge is 0.325 e. The number of carbonyl (C=O) groups excluding carboxylic acids is 3. The Bertz CT molecular complexity index is 723. The van der Waals surface area contributed by atoms with Crippen LogP contribution in [0.15, 0.2) is 18.3 Å². The summed E-state index contributed by atoms with van der Waals surface area (Å²) in [5.41, 5.74) is -0.125. The van der Waals surface area contributed by atoms with Gasteiger partial charge in [0.25, 0.3) is 5.91 Å². The lowest BCUT2D eigenvalue weighted by Gasteiger charge is -2.36. The summed E-state index contributed by atoms with van der Waals surface area (Å²) in [7, 11) is 1.51. The largest absolute Gasteiger partial charge is 0.481 e. The van der Waals surface area contributed by atoms with Crippen molar-refractivity contribution < 1.29 is 19.1 Å². The Kier molecular flexibility index (Phi) is 5.11. The first kappa shape index (κ1) is 18.2. The van der Waals surface area contributed by atoms with Gasteiger partial charge in [0.1, 0.15) is 12.1 Å². The van der Waals surface area contributed by atoms with Gasteiger partial charge < -0.3 is 15.4 Å². The molecule has 0 radical (unpaired) electrons. The van der Waals surface area contributed by atoms with Crippen molar-refractivity contribution >= 4 is 17.8 Å². The van der Waals surface area contributed by atoms with Crippen molar-refractivity contribution in [3.05, 3.63) is 23.9 Å². The highest BCUT2D eigenvalue weighted by Gasteiger charge is 2.55. The molecule has 2 atom stereocenters. The van der Waals surface area contributed by atoms with Crippen LogP contribution in [0.2, 0.25) is 0 Å². The van der Waals surface area contributed by atoms with Crippen LogP contribution in [0.3, 0.4) is 0 Å². The van der Waals surface area contributed by atoms with Gasteiger partial charge in [0.15, 0.2) is 0 Å². The first-order chi connectivity index (χ1) is 12.5. The van der Waals surface area contributed by atoms with E-state index in [-0.39, 0.29) is 24.9 Å². The molecule has 1 saturated carbocycles. The zero-order valence-electron chi connectivity index (χ0n) is 15.1. The first-order valence-corrected chi connectivity index (χ1v) is 8.86. The number of pyridine rings is 1. The van der Waals surface area contributed by atoms with Crippen LogP contribution in [-0.2, 0) is 16.1 Å². The Morgan fingerprint density at radius 3 is 3.00 bits per heavy atom. The SMILES string of the molecule is COc1ncccc1CNC(=O)CN1C(=O)NC2(CCCCC2C)C1=O. The van der Waals surface area contributed by atoms with Crippen molar-refractivity contribution in [2.24, 2.45) is 5.92 Å². The molecule has 1 saturated heterocycles. The molecule has 1 aromatic rings. The van der Waals surface area contributed by atoms with E-state index >= 15 is 0 Å². The van der Waals surface area contributed by atoms with E-state index < -0.39 is 17.5 Å². The van der Waals surface area contributed by atoms with Gasteiger partial charge in [-0.25, -0.2) is 9.78 Å². The van der Waals surface area contributed by atoms with E-state index in [0.29, 0.717) is 12.3 Å². The van der Waals surface area contributed by atoms with Crippen molar-refractivity contribution in [1.82, 2.24) is 20.5 Å². The normalized spacial score (nSPS) is 25.3. The molecule has 1 aliphatic carbocycles. The number of hydrogen-bond donors (Lipinski definition) is 2. The van der Waals surface area contributed by atoms with Crippen molar-refractivity contribution in [1.29, 1.82) is 0 Å². The summed E-state index contributed by atoms with van der Waals surface area (Å²) < 4.78 is 5.14. The van der Waals surface area contributed by atoms with E-state index in [1.807, 2.05) is 6.92 Å². The van der Waals surface area contributed by atoms with Crippen molar-refractivity contribution in [3.8, 4) is 5.88 Å². The molecule has 2 unspecified atom stereocenters. The first-order valence-electron chi connectivity index (χ1n) is 8.86. The van der Waals surface area contributed by atoms with Gasteiger partial charge in [-0.3, -0.25) is 14.5 Å². The molecular weight excluding hydrogens is 336 g/mol. The topological polar surface area (TPSA) is 101 Å². The highest BCUT2D eigenvalue weighted by molar-refractivity contribution is 6.09. The molecule has 8 nitrogen and oxygen atoms in total. The molecule has 2 heterocycles. The van der Waals surface area contributed by atoms with Crippen molar-refractivity contribution in [2.45, 2.75) is 44.7 Å². The lowest BCUT2D eigenvalue weighted by molar-refractivity contribution is -0.137. The van der Waals surface area contributed by atoms with Gasteiger partial charge in [-0.1, -0.05) is 25.8 Å². The zero-order valence-corrected chi connectivity index (χ0v) is 15.1. The Hall–Kier alpha value is -2.64. The molecule has 2 aliphatic rings.